The van der Waals surface area contributed by atoms with E-state index in [9.17, 15) is 0 Å². The predicted molar refractivity (Wildman–Crippen MR) is 74.2 cm³/mol. The standard InChI is InChI=1S/C14H11BrN2O/c15-10-4-5-12-9(7-10)8-13(18-12)14(16)11-3-1-2-6-17-11/h1-8,14H,16H2. The lowest BCUT2D eigenvalue weighted by atomic mass is 10.1. The van der Waals surface area contributed by atoms with Crippen LogP contribution in [0.1, 0.15) is 17.5 Å². The van der Waals surface area contributed by atoms with Crippen LogP contribution in [-0.2, 0) is 0 Å². The van der Waals surface area contributed by atoms with Crippen LogP contribution in [0, 0.1) is 0 Å². The Hall–Kier alpha value is -1.65. The Kier molecular flexibility index (Phi) is 2.89. The average molecular weight is 303 g/mol. The Balaban J connectivity index is 2.04. The van der Waals surface area contributed by atoms with Crippen molar-refractivity contribution in [1.82, 2.24) is 4.98 Å². The van der Waals surface area contributed by atoms with Gasteiger partial charge in [0.1, 0.15) is 17.4 Å². The molecule has 3 nitrogen and oxygen atoms in total. The number of halogens is 1. The highest BCUT2D eigenvalue weighted by Gasteiger charge is 2.15. The molecule has 4 heteroatoms. The van der Waals surface area contributed by atoms with E-state index in [4.69, 9.17) is 10.2 Å². The van der Waals surface area contributed by atoms with E-state index in [0.717, 1.165) is 26.9 Å². The van der Waals surface area contributed by atoms with Gasteiger partial charge in [-0.2, -0.15) is 0 Å². The number of nitrogens with zero attached hydrogens (tertiary/aromatic N) is 1. The quantitative estimate of drug-likeness (QED) is 0.786. The molecule has 0 aliphatic heterocycles. The van der Waals surface area contributed by atoms with Gasteiger partial charge in [0.15, 0.2) is 0 Å². The average Bonchev–Trinajstić information content (AvgIpc) is 2.81. The van der Waals surface area contributed by atoms with Crippen molar-refractivity contribution in [3.63, 3.8) is 0 Å². The zero-order valence-electron chi connectivity index (χ0n) is 9.51. The molecule has 1 unspecified atom stereocenters. The van der Waals surface area contributed by atoms with Gasteiger partial charge in [0.2, 0.25) is 0 Å². The lowest BCUT2D eigenvalue weighted by Gasteiger charge is -2.06. The van der Waals surface area contributed by atoms with Gasteiger partial charge in [-0.25, -0.2) is 0 Å². The van der Waals surface area contributed by atoms with Crippen molar-refractivity contribution < 1.29 is 4.42 Å². The van der Waals surface area contributed by atoms with Crippen molar-refractivity contribution in [1.29, 1.82) is 0 Å². The minimum Gasteiger partial charge on any atom is -0.459 e. The van der Waals surface area contributed by atoms with Crippen LogP contribution in [0.3, 0.4) is 0 Å². The smallest absolute Gasteiger partial charge is 0.134 e. The summed E-state index contributed by atoms with van der Waals surface area (Å²) in [4.78, 5) is 4.25. The molecule has 3 rings (SSSR count). The second-order valence-electron chi connectivity index (χ2n) is 4.06. The second kappa shape index (κ2) is 4.55. The van der Waals surface area contributed by atoms with Crippen LogP contribution in [0.25, 0.3) is 11.0 Å². The zero-order chi connectivity index (χ0) is 12.5. The normalized spacial score (nSPS) is 12.8. The summed E-state index contributed by atoms with van der Waals surface area (Å²) >= 11 is 3.44. The molecule has 2 N–H and O–H groups in total. The van der Waals surface area contributed by atoms with E-state index in [2.05, 4.69) is 20.9 Å². The molecular weight excluding hydrogens is 292 g/mol. The number of aromatic nitrogens is 1. The molecule has 2 heterocycles. The van der Waals surface area contributed by atoms with Crippen LogP contribution in [0.4, 0.5) is 0 Å². The number of hydrogen-bond donors (Lipinski definition) is 1. The van der Waals surface area contributed by atoms with Gasteiger partial charge in [-0.15, -0.1) is 0 Å². The maximum absolute atomic E-state index is 6.15. The number of benzene rings is 1. The summed E-state index contributed by atoms with van der Waals surface area (Å²) in [5.41, 5.74) is 7.78. The van der Waals surface area contributed by atoms with E-state index in [-0.39, 0.29) is 6.04 Å². The lowest BCUT2D eigenvalue weighted by molar-refractivity contribution is 0.521. The van der Waals surface area contributed by atoms with E-state index in [1.807, 2.05) is 42.5 Å². The third kappa shape index (κ3) is 2.05. The van der Waals surface area contributed by atoms with Crippen molar-refractivity contribution in [2.24, 2.45) is 5.73 Å². The van der Waals surface area contributed by atoms with E-state index < -0.39 is 0 Å². The molecule has 90 valence electrons. The fourth-order valence-electron chi connectivity index (χ4n) is 1.89. The van der Waals surface area contributed by atoms with Crippen molar-refractivity contribution in [2.45, 2.75) is 6.04 Å². The number of fused-ring (bicyclic) bond motifs is 1. The highest BCUT2D eigenvalue weighted by molar-refractivity contribution is 9.10. The van der Waals surface area contributed by atoms with Gasteiger partial charge >= 0.3 is 0 Å². The summed E-state index contributed by atoms with van der Waals surface area (Å²) in [5.74, 6) is 0.724. The summed E-state index contributed by atoms with van der Waals surface area (Å²) in [6.45, 7) is 0. The van der Waals surface area contributed by atoms with Gasteiger partial charge in [-0.1, -0.05) is 22.0 Å². The fraction of sp³-hybridized carbons (Fsp3) is 0.0714. The van der Waals surface area contributed by atoms with Crippen LogP contribution in [0.15, 0.2) is 57.6 Å². The molecule has 0 amide bonds. The van der Waals surface area contributed by atoms with Gasteiger partial charge in [-0.3, -0.25) is 4.98 Å². The van der Waals surface area contributed by atoms with Crippen LogP contribution >= 0.6 is 15.9 Å². The number of rotatable bonds is 2. The molecule has 0 saturated heterocycles. The third-order valence-electron chi connectivity index (χ3n) is 2.81. The zero-order valence-corrected chi connectivity index (χ0v) is 11.1. The first kappa shape index (κ1) is 11.4. The van der Waals surface area contributed by atoms with E-state index in [1.54, 1.807) is 6.20 Å². The van der Waals surface area contributed by atoms with Crippen molar-refractivity contribution in [2.75, 3.05) is 0 Å². The number of nitrogens with two attached hydrogens (primary N) is 1. The predicted octanol–water partition coefficient (Wildman–Crippen LogP) is 3.64. The van der Waals surface area contributed by atoms with Gasteiger partial charge in [0, 0.05) is 16.1 Å². The molecule has 1 aromatic carbocycles. The van der Waals surface area contributed by atoms with Gasteiger partial charge < -0.3 is 10.2 Å². The number of furan rings is 1. The molecule has 0 spiro atoms. The van der Waals surface area contributed by atoms with Crippen molar-refractivity contribution in [3.8, 4) is 0 Å². The van der Waals surface area contributed by atoms with Crippen LogP contribution in [0.2, 0.25) is 0 Å². The molecule has 0 fully saturated rings. The van der Waals surface area contributed by atoms with Gasteiger partial charge in [0.25, 0.3) is 0 Å². The molecule has 1 atom stereocenters. The highest BCUT2D eigenvalue weighted by atomic mass is 79.9. The lowest BCUT2D eigenvalue weighted by Crippen LogP contribution is -2.12. The Labute approximate surface area is 113 Å². The minimum atomic E-state index is -0.336. The first-order chi connectivity index (χ1) is 8.74. The van der Waals surface area contributed by atoms with Crippen LogP contribution in [0.5, 0.6) is 0 Å². The molecule has 0 aliphatic rings. The minimum absolute atomic E-state index is 0.336. The monoisotopic (exact) mass is 302 g/mol. The SMILES string of the molecule is NC(c1ccccn1)c1cc2cc(Br)ccc2o1. The molecule has 0 radical (unpaired) electrons. The molecule has 0 bridgehead atoms. The molecule has 18 heavy (non-hydrogen) atoms. The van der Waals surface area contributed by atoms with Crippen LogP contribution in [-0.4, -0.2) is 4.98 Å². The summed E-state index contributed by atoms with van der Waals surface area (Å²) in [6.07, 6.45) is 1.73. The highest BCUT2D eigenvalue weighted by Crippen LogP contribution is 2.27. The Morgan fingerprint density at radius 2 is 2.06 bits per heavy atom. The topological polar surface area (TPSA) is 52.0 Å². The first-order valence-corrected chi connectivity index (χ1v) is 6.39. The van der Waals surface area contributed by atoms with Crippen molar-refractivity contribution in [3.05, 3.63) is 64.6 Å². The van der Waals surface area contributed by atoms with Gasteiger partial charge in [0.05, 0.1) is 5.69 Å². The fourth-order valence-corrected chi connectivity index (χ4v) is 2.27. The molecular formula is C14H11BrN2O. The summed E-state index contributed by atoms with van der Waals surface area (Å²) in [6, 6.07) is 13.2. The molecule has 3 aromatic rings. The molecule has 2 aromatic heterocycles. The summed E-state index contributed by atoms with van der Waals surface area (Å²) in [5, 5.41) is 1.03. The molecule has 0 saturated carbocycles. The number of hydrogen-bond acceptors (Lipinski definition) is 3. The largest absolute Gasteiger partial charge is 0.459 e. The Morgan fingerprint density at radius 3 is 2.83 bits per heavy atom. The maximum atomic E-state index is 6.15. The maximum Gasteiger partial charge on any atom is 0.134 e. The van der Waals surface area contributed by atoms with E-state index in [1.165, 1.54) is 0 Å². The summed E-state index contributed by atoms with van der Waals surface area (Å²) < 4.78 is 6.78. The van der Waals surface area contributed by atoms with Gasteiger partial charge in [-0.05, 0) is 36.4 Å². The van der Waals surface area contributed by atoms with Crippen LogP contribution < -0.4 is 5.73 Å². The first-order valence-electron chi connectivity index (χ1n) is 5.59. The summed E-state index contributed by atoms with van der Waals surface area (Å²) in [7, 11) is 0. The Bertz CT molecular complexity index is 679. The number of pyridine rings is 1. The van der Waals surface area contributed by atoms with Crippen molar-refractivity contribution >= 4 is 26.9 Å². The Morgan fingerprint density at radius 1 is 1.17 bits per heavy atom. The van der Waals surface area contributed by atoms with E-state index >= 15 is 0 Å². The molecule has 0 aliphatic carbocycles. The van der Waals surface area contributed by atoms with E-state index in [0.29, 0.717) is 0 Å². The second-order valence-corrected chi connectivity index (χ2v) is 4.98. The third-order valence-corrected chi connectivity index (χ3v) is 3.30.